The van der Waals surface area contributed by atoms with Gasteiger partial charge in [0.05, 0.1) is 13.5 Å². The first-order valence-corrected chi connectivity index (χ1v) is 8.92. The van der Waals surface area contributed by atoms with Gasteiger partial charge in [-0.2, -0.15) is 0 Å². The van der Waals surface area contributed by atoms with E-state index in [1.165, 1.54) is 0 Å². The normalized spacial score (nSPS) is 14.5. The van der Waals surface area contributed by atoms with Crippen molar-refractivity contribution in [1.29, 1.82) is 0 Å². The fraction of sp³-hybridized carbons (Fsp3) is 0.316. The molecule has 3 rings (SSSR count). The van der Waals surface area contributed by atoms with Crippen molar-refractivity contribution in [2.45, 2.75) is 6.42 Å². The standard InChI is InChI=1S/C19H20Cl2N2O2/c1-25-18-4-2-14(3-5-18)10-19(24)23-8-6-22(7-9-23)17-12-15(20)11-16(21)13-17/h2-5,11-13H,6-10H2,1H3. The predicted molar refractivity (Wildman–Crippen MR) is 102 cm³/mol. The second kappa shape index (κ2) is 7.98. The molecule has 0 saturated carbocycles. The van der Waals surface area contributed by atoms with E-state index in [1.807, 2.05) is 41.3 Å². The van der Waals surface area contributed by atoms with E-state index in [1.54, 1.807) is 13.2 Å². The van der Waals surface area contributed by atoms with Crippen LogP contribution in [0.2, 0.25) is 10.0 Å². The Bertz CT molecular complexity index is 721. The number of carbonyl (C=O) groups is 1. The van der Waals surface area contributed by atoms with Crippen molar-refractivity contribution in [3.8, 4) is 5.75 Å². The van der Waals surface area contributed by atoms with Gasteiger partial charge >= 0.3 is 0 Å². The van der Waals surface area contributed by atoms with Crippen LogP contribution in [0.5, 0.6) is 5.75 Å². The number of ether oxygens (including phenoxy) is 1. The minimum Gasteiger partial charge on any atom is -0.497 e. The Labute approximate surface area is 157 Å². The highest BCUT2D eigenvalue weighted by molar-refractivity contribution is 6.35. The molecule has 1 saturated heterocycles. The van der Waals surface area contributed by atoms with Crippen molar-refractivity contribution >= 4 is 34.8 Å². The molecule has 0 aliphatic carbocycles. The zero-order valence-electron chi connectivity index (χ0n) is 14.0. The predicted octanol–water partition coefficient (Wildman–Crippen LogP) is 3.89. The van der Waals surface area contributed by atoms with Crippen LogP contribution in [0.3, 0.4) is 0 Å². The maximum Gasteiger partial charge on any atom is 0.227 e. The molecule has 1 fully saturated rings. The topological polar surface area (TPSA) is 32.8 Å². The Morgan fingerprint density at radius 3 is 2.16 bits per heavy atom. The highest BCUT2D eigenvalue weighted by Gasteiger charge is 2.21. The number of carbonyl (C=O) groups excluding carboxylic acids is 1. The summed E-state index contributed by atoms with van der Waals surface area (Å²) in [4.78, 5) is 16.6. The van der Waals surface area contributed by atoms with Gasteiger partial charge in [-0.3, -0.25) is 4.79 Å². The Kier molecular flexibility index (Phi) is 5.71. The molecule has 0 atom stereocenters. The summed E-state index contributed by atoms with van der Waals surface area (Å²) < 4.78 is 5.14. The quantitative estimate of drug-likeness (QED) is 0.808. The van der Waals surface area contributed by atoms with Crippen molar-refractivity contribution in [3.63, 3.8) is 0 Å². The summed E-state index contributed by atoms with van der Waals surface area (Å²) in [6, 6.07) is 13.2. The SMILES string of the molecule is COc1ccc(CC(=O)N2CCN(c3cc(Cl)cc(Cl)c3)CC2)cc1. The third-order valence-corrected chi connectivity index (χ3v) is 4.80. The summed E-state index contributed by atoms with van der Waals surface area (Å²) in [5.74, 6) is 0.943. The number of piperazine rings is 1. The van der Waals surface area contributed by atoms with E-state index in [-0.39, 0.29) is 5.91 Å². The Morgan fingerprint density at radius 1 is 1.00 bits per heavy atom. The fourth-order valence-electron chi connectivity index (χ4n) is 2.97. The summed E-state index contributed by atoms with van der Waals surface area (Å²) >= 11 is 12.2. The molecule has 0 unspecified atom stereocenters. The minimum absolute atomic E-state index is 0.147. The number of nitrogens with zero attached hydrogens (tertiary/aromatic N) is 2. The van der Waals surface area contributed by atoms with Crippen LogP contribution in [0.15, 0.2) is 42.5 Å². The lowest BCUT2D eigenvalue weighted by molar-refractivity contribution is -0.130. The molecule has 4 nitrogen and oxygen atoms in total. The number of halogens is 2. The third kappa shape index (κ3) is 4.59. The van der Waals surface area contributed by atoms with Gasteiger partial charge in [0.2, 0.25) is 5.91 Å². The van der Waals surface area contributed by atoms with Crippen molar-refractivity contribution in [2.24, 2.45) is 0 Å². The zero-order chi connectivity index (χ0) is 17.8. The fourth-order valence-corrected chi connectivity index (χ4v) is 3.48. The molecule has 0 aromatic heterocycles. The lowest BCUT2D eigenvalue weighted by atomic mass is 10.1. The zero-order valence-corrected chi connectivity index (χ0v) is 15.6. The first-order valence-electron chi connectivity index (χ1n) is 8.17. The Hall–Kier alpha value is -1.91. The van der Waals surface area contributed by atoms with Gasteiger partial charge in [0, 0.05) is 41.9 Å². The van der Waals surface area contributed by atoms with Gasteiger partial charge in [0.15, 0.2) is 0 Å². The third-order valence-electron chi connectivity index (χ3n) is 4.36. The number of rotatable bonds is 4. The lowest BCUT2D eigenvalue weighted by Crippen LogP contribution is -2.49. The number of hydrogen-bond acceptors (Lipinski definition) is 3. The van der Waals surface area contributed by atoms with E-state index < -0.39 is 0 Å². The molecule has 1 aliphatic heterocycles. The van der Waals surface area contributed by atoms with Crippen LogP contribution in [-0.2, 0) is 11.2 Å². The molecule has 0 N–H and O–H groups in total. The van der Waals surface area contributed by atoms with E-state index in [9.17, 15) is 4.79 Å². The summed E-state index contributed by atoms with van der Waals surface area (Å²) in [7, 11) is 1.63. The van der Waals surface area contributed by atoms with Gasteiger partial charge < -0.3 is 14.5 Å². The van der Waals surface area contributed by atoms with Crippen molar-refractivity contribution in [1.82, 2.24) is 4.90 Å². The highest BCUT2D eigenvalue weighted by Crippen LogP contribution is 2.26. The van der Waals surface area contributed by atoms with Gasteiger partial charge in [-0.15, -0.1) is 0 Å². The highest BCUT2D eigenvalue weighted by atomic mass is 35.5. The number of anilines is 1. The van der Waals surface area contributed by atoms with Crippen LogP contribution in [0.25, 0.3) is 0 Å². The van der Waals surface area contributed by atoms with E-state index in [0.29, 0.717) is 29.6 Å². The number of amides is 1. The molecule has 0 bridgehead atoms. The van der Waals surface area contributed by atoms with Crippen LogP contribution < -0.4 is 9.64 Å². The molecular formula is C19H20Cl2N2O2. The molecule has 0 spiro atoms. The Balaban J connectivity index is 1.56. The summed E-state index contributed by atoms with van der Waals surface area (Å²) in [5, 5.41) is 1.25. The second-order valence-electron chi connectivity index (χ2n) is 6.02. The first kappa shape index (κ1) is 17.9. The average molecular weight is 379 g/mol. The van der Waals surface area contributed by atoms with Crippen LogP contribution in [-0.4, -0.2) is 44.1 Å². The number of benzene rings is 2. The molecule has 132 valence electrons. The second-order valence-corrected chi connectivity index (χ2v) is 6.89. The monoisotopic (exact) mass is 378 g/mol. The molecule has 1 heterocycles. The van der Waals surface area contributed by atoms with Gasteiger partial charge in [-0.05, 0) is 35.9 Å². The molecule has 2 aromatic rings. The van der Waals surface area contributed by atoms with Gasteiger partial charge in [-0.25, -0.2) is 0 Å². The molecule has 2 aromatic carbocycles. The minimum atomic E-state index is 0.147. The summed E-state index contributed by atoms with van der Waals surface area (Å²) in [5.41, 5.74) is 2.00. The van der Waals surface area contributed by atoms with E-state index in [2.05, 4.69) is 4.90 Å². The Morgan fingerprint density at radius 2 is 1.60 bits per heavy atom. The average Bonchev–Trinajstić information content (AvgIpc) is 2.61. The van der Waals surface area contributed by atoms with Crippen molar-refractivity contribution in [2.75, 3.05) is 38.2 Å². The summed E-state index contributed by atoms with van der Waals surface area (Å²) in [6.45, 7) is 2.92. The molecular weight excluding hydrogens is 359 g/mol. The van der Waals surface area contributed by atoms with Crippen LogP contribution in [0.4, 0.5) is 5.69 Å². The van der Waals surface area contributed by atoms with Gasteiger partial charge in [-0.1, -0.05) is 35.3 Å². The maximum atomic E-state index is 12.5. The number of methoxy groups -OCH3 is 1. The van der Waals surface area contributed by atoms with Crippen LogP contribution >= 0.6 is 23.2 Å². The lowest BCUT2D eigenvalue weighted by Gasteiger charge is -2.36. The molecule has 6 heteroatoms. The molecule has 1 amide bonds. The molecule has 0 radical (unpaired) electrons. The smallest absolute Gasteiger partial charge is 0.227 e. The van der Waals surface area contributed by atoms with E-state index in [4.69, 9.17) is 27.9 Å². The maximum absolute atomic E-state index is 12.5. The number of hydrogen-bond donors (Lipinski definition) is 0. The van der Waals surface area contributed by atoms with Crippen molar-refractivity contribution < 1.29 is 9.53 Å². The largest absolute Gasteiger partial charge is 0.497 e. The molecule has 25 heavy (non-hydrogen) atoms. The van der Waals surface area contributed by atoms with Gasteiger partial charge in [0.1, 0.15) is 5.75 Å². The van der Waals surface area contributed by atoms with E-state index >= 15 is 0 Å². The first-order chi connectivity index (χ1) is 12.0. The van der Waals surface area contributed by atoms with E-state index in [0.717, 1.165) is 30.1 Å². The molecule has 1 aliphatic rings. The van der Waals surface area contributed by atoms with Crippen LogP contribution in [0, 0.1) is 0 Å². The van der Waals surface area contributed by atoms with Gasteiger partial charge in [0.25, 0.3) is 0 Å². The van der Waals surface area contributed by atoms with Crippen molar-refractivity contribution in [3.05, 3.63) is 58.1 Å². The van der Waals surface area contributed by atoms with Crippen LogP contribution in [0.1, 0.15) is 5.56 Å². The summed E-state index contributed by atoms with van der Waals surface area (Å²) in [6.07, 6.45) is 0.410.